The van der Waals surface area contributed by atoms with Gasteiger partial charge in [0.1, 0.15) is 0 Å². The van der Waals surface area contributed by atoms with Gasteiger partial charge in [0.15, 0.2) is 5.69 Å². The quantitative estimate of drug-likeness (QED) is 0.748. The molecule has 2 aromatic carbocycles. The van der Waals surface area contributed by atoms with Crippen molar-refractivity contribution in [2.24, 2.45) is 7.05 Å². The van der Waals surface area contributed by atoms with Crippen molar-refractivity contribution in [1.82, 2.24) is 9.78 Å². The van der Waals surface area contributed by atoms with Gasteiger partial charge in [0.05, 0.1) is 5.69 Å². The number of carbonyl (C=O) groups excluding carboxylic acids is 1. The topological polar surface area (TPSA) is 72.9 Å². The predicted octanol–water partition coefficient (Wildman–Crippen LogP) is 2.41. The molecule has 3 N–H and O–H groups in total. The fraction of sp³-hybridized carbons (Fsp3) is 0.0667. The number of nitrogens with zero attached hydrogens (tertiary/aromatic N) is 2. The lowest BCUT2D eigenvalue weighted by Crippen LogP contribution is -2.14. The van der Waals surface area contributed by atoms with Crippen molar-refractivity contribution < 1.29 is 4.79 Å². The van der Waals surface area contributed by atoms with Crippen molar-refractivity contribution in [3.8, 4) is 0 Å². The Morgan fingerprint density at radius 1 is 1.20 bits per heavy atom. The fourth-order valence-corrected chi connectivity index (χ4v) is 2.14. The molecule has 100 valence electrons. The average Bonchev–Trinajstić information content (AvgIpc) is 2.78. The summed E-state index contributed by atoms with van der Waals surface area (Å²) in [5.74, 6) is -0.307. The molecular weight excluding hydrogens is 252 g/mol. The van der Waals surface area contributed by atoms with Crippen molar-refractivity contribution in [2.75, 3.05) is 11.1 Å². The summed E-state index contributed by atoms with van der Waals surface area (Å²) in [6.07, 6.45) is 1.61. The number of rotatable bonds is 2. The van der Waals surface area contributed by atoms with Crippen LogP contribution in [0.3, 0.4) is 0 Å². The monoisotopic (exact) mass is 266 g/mol. The van der Waals surface area contributed by atoms with Gasteiger partial charge < -0.3 is 11.1 Å². The third-order valence-corrected chi connectivity index (χ3v) is 3.08. The maximum absolute atomic E-state index is 12.1. The van der Waals surface area contributed by atoms with Gasteiger partial charge in [-0.05, 0) is 22.9 Å². The van der Waals surface area contributed by atoms with Crippen LogP contribution in [0, 0.1) is 0 Å². The van der Waals surface area contributed by atoms with E-state index >= 15 is 0 Å². The van der Waals surface area contributed by atoms with Crippen LogP contribution >= 0.6 is 0 Å². The molecule has 1 aromatic heterocycles. The third kappa shape index (κ3) is 2.21. The largest absolute Gasteiger partial charge is 0.396 e. The van der Waals surface area contributed by atoms with Crippen LogP contribution in [-0.4, -0.2) is 15.7 Å². The Bertz CT molecular complexity index is 791. The van der Waals surface area contributed by atoms with Crippen LogP contribution in [0.15, 0.2) is 48.7 Å². The van der Waals surface area contributed by atoms with E-state index in [0.29, 0.717) is 5.69 Å². The summed E-state index contributed by atoms with van der Waals surface area (Å²) in [6.45, 7) is 0. The minimum atomic E-state index is -0.307. The van der Waals surface area contributed by atoms with E-state index in [1.807, 2.05) is 42.5 Å². The molecule has 0 atom stereocenters. The van der Waals surface area contributed by atoms with E-state index in [9.17, 15) is 4.79 Å². The number of aromatic nitrogens is 2. The second kappa shape index (κ2) is 4.70. The normalized spacial score (nSPS) is 10.7. The third-order valence-electron chi connectivity index (χ3n) is 3.08. The average molecular weight is 266 g/mol. The molecule has 0 aliphatic heterocycles. The van der Waals surface area contributed by atoms with E-state index in [1.165, 1.54) is 4.68 Å². The number of benzene rings is 2. The van der Waals surface area contributed by atoms with Gasteiger partial charge in [-0.15, -0.1) is 0 Å². The number of nitrogen functional groups attached to an aromatic ring is 1. The van der Waals surface area contributed by atoms with Crippen molar-refractivity contribution >= 4 is 28.1 Å². The second-order valence-corrected chi connectivity index (χ2v) is 4.62. The summed E-state index contributed by atoms with van der Waals surface area (Å²) in [6, 6.07) is 13.7. The van der Waals surface area contributed by atoms with Gasteiger partial charge in [-0.3, -0.25) is 9.48 Å². The molecule has 5 heteroatoms. The molecule has 0 aliphatic rings. The molecule has 5 nitrogen and oxygen atoms in total. The van der Waals surface area contributed by atoms with Gasteiger partial charge in [-0.1, -0.05) is 30.3 Å². The molecule has 0 fully saturated rings. The number of nitrogens with two attached hydrogens (primary N) is 1. The summed E-state index contributed by atoms with van der Waals surface area (Å²) in [7, 11) is 1.73. The van der Waals surface area contributed by atoms with E-state index in [2.05, 4.69) is 10.4 Å². The zero-order valence-corrected chi connectivity index (χ0v) is 11.0. The summed E-state index contributed by atoms with van der Waals surface area (Å²) in [5, 5.41) is 9.05. The number of fused-ring (bicyclic) bond motifs is 1. The maximum Gasteiger partial charge on any atom is 0.278 e. The Kier molecular flexibility index (Phi) is 2.87. The van der Waals surface area contributed by atoms with Gasteiger partial charge >= 0.3 is 0 Å². The standard InChI is InChI=1S/C15H14N4O/c1-19-9-13(16)14(18-19)15(20)17-12-7-6-10-4-2-3-5-11(10)8-12/h2-9H,16H2,1H3,(H,17,20). The molecule has 20 heavy (non-hydrogen) atoms. The van der Waals surface area contributed by atoms with Gasteiger partial charge in [-0.2, -0.15) is 5.10 Å². The van der Waals surface area contributed by atoms with Crippen LogP contribution in [0.1, 0.15) is 10.5 Å². The van der Waals surface area contributed by atoms with E-state index < -0.39 is 0 Å². The Hall–Kier alpha value is -2.82. The zero-order chi connectivity index (χ0) is 14.1. The molecule has 1 heterocycles. The van der Waals surface area contributed by atoms with Crippen LogP contribution in [0.4, 0.5) is 11.4 Å². The fourth-order valence-electron chi connectivity index (χ4n) is 2.14. The summed E-state index contributed by atoms with van der Waals surface area (Å²) in [4.78, 5) is 12.1. The van der Waals surface area contributed by atoms with Crippen LogP contribution in [0.25, 0.3) is 10.8 Å². The van der Waals surface area contributed by atoms with Gasteiger partial charge in [0.25, 0.3) is 5.91 Å². The number of amides is 1. The highest BCUT2D eigenvalue weighted by Crippen LogP contribution is 2.20. The van der Waals surface area contributed by atoms with Crippen molar-refractivity contribution in [1.29, 1.82) is 0 Å². The van der Waals surface area contributed by atoms with Crippen molar-refractivity contribution in [2.45, 2.75) is 0 Å². The molecule has 3 rings (SSSR count). The van der Waals surface area contributed by atoms with Crippen molar-refractivity contribution in [3.05, 3.63) is 54.4 Å². The van der Waals surface area contributed by atoms with Crippen LogP contribution < -0.4 is 11.1 Å². The van der Waals surface area contributed by atoms with Gasteiger partial charge in [0.2, 0.25) is 0 Å². The highest BCUT2D eigenvalue weighted by molar-refractivity contribution is 6.06. The zero-order valence-electron chi connectivity index (χ0n) is 11.0. The first-order valence-electron chi connectivity index (χ1n) is 6.23. The molecule has 0 bridgehead atoms. The molecule has 0 unspecified atom stereocenters. The van der Waals surface area contributed by atoms with E-state index in [4.69, 9.17) is 5.73 Å². The molecule has 0 saturated heterocycles. The summed E-state index contributed by atoms with van der Waals surface area (Å²) < 4.78 is 1.52. The minimum absolute atomic E-state index is 0.237. The lowest BCUT2D eigenvalue weighted by atomic mass is 10.1. The Morgan fingerprint density at radius 3 is 2.65 bits per heavy atom. The lowest BCUT2D eigenvalue weighted by Gasteiger charge is -2.05. The van der Waals surface area contributed by atoms with Gasteiger partial charge in [0, 0.05) is 18.9 Å². The highest BCUT2D eigenvalue weighted by Gasteiger charge is 2.14. The van der Waals surface area contributed by atoms with Crippen LogP contribution in [0.5, 0.6) is 0 Å². The van der Waals surface area contributed by atoms with E-state index in [1.54, 1.807) is 13.2 Å². The summed E-state index contributed by atoms with van der Waals surface area (Å²) >= 11 is 0. The number of hydrogen-bond donors (Lipinski definition) is 2. The molecule has 0 spiro atoms. The molecular formula is C15H14N4O. The number of anilines is 2. The predicted molar refractivity (Wildman–Crippen MR) is 79.5 cm³/mol. The number of aryl methyl sites for hydroxylation is 1. The lowest BCUT2D eigenvalue weighted by molar-refractivity contribution is 0.102. The van der Waals surface area contributed by atoms with Crippen molar-refractivity contribution in [3.63, 3.8) is 0 Å². The Morgan fingerprint density at radius 2 is 1.95 bits per heavy atom. The van der Waals surface area contributed by atoms with Crippen LogP contribution in [-0.2, 0) is 7.05 Å². The van der Waals surface area contributed by atoms with E-state index in [-0.39, 0.29) is 11.6 Å². The first-order chi connectivity index (χ1) is 9.63. The molecule has 1 amide bonds. The highest BCUT2D eigenvalue weighted by atomic mass is 16.2. The first kappa shape index (κ1) is 12.2. The number of carbonyl (C=O) groups is 1. The maximum atomic E-state index is 12.1. The molecule has 0 aliphatic carbocycles. The van der Waals surface area contributed by atoms with Gasteiger partial charge in [-0.25, -0.2) is 0 Å². The van der Waals surface area contributed by atoms with Crippen LogP contribution in [0.2, 0.25) is 0 Å². The SMILES string of the molecule is Cn1cc(N)c(C(=O)Nc2ccc3ccccc3c2)n1. The summed E-state index contributed by atoms with van der Waals surface area (Å²) in [5.41, 5.74) is 7.07. The Labute approximate surface area is 116 Å². The molecule has 0 radical (unpaired) electrons. The smallest absolute Gasteiger partial charge is 0.278 e. The Balaban J connectivity index is 1.89. The first-order valence-corrected chi connectivity index (χ1v) is 6.23. The number of hydrogen-bond acceptors (Lipinski definition) is 3. The number of nitrogens with one attached hydrogen (secondary N) is 1. The molecule has 3 aromatic rings. The molecule has 0 saturated carbocycles. The van der Waals surface area contributed by atoms with E-state index in [0.717, 1.165) is 16.5 Å². The second-order valence-electron chi connectivity index (χ2n) is 4.62. The minimum Gasteiger partial charge on any atom is -0.396 e.